The van der Waals surface area contributed by atoms with E-state index in [2.05, 4.69) is 15.3 Å². The molecule has 0 spiro atoms. The third-order valence-corrected chi connectivity index (χ3v) is 6.76. The maximum absolute atomic E-state index is 12.9. The molecule has 28 heavy (non-hydrogen) atoms. The molecule has 148 valence electrons. The fraction of sp³-hybridized carbons (Fsp3) is 0.350. The average molecular weight is 400 g/mol. The number of nitrogens with zero attached hydrogens (tertiary/aromatic N) is 5. The lowest BCUT2D eigenvalue weighted by molar-refractivity contribution is 0.467. The van der Waals surface area contributed by atoms with Crippen molar-refractivity contribution >= 4 is 10.0 Å². The van der Waals surface area contributed by atoms with E-state index < -0.39 is 10.0 Å². The molecule has 0 saturated carbocycles. The van der Waals surface area contributed by atoms with Crippen LogP contribution in [0.25, 0.3) is 17.1 Å². The van der Waals surface area contributed by atoms with Crippen LogP contribution in [0.1, 0.15) is 30.3 Å². The van der Waals surface area contributed by atoms with Gasteiger partial charge in [-0.15, -0.1) is 10.2 Å². The summed E-state index contributed by atoms with van der Waals surface area (Å²) in [4.78, 5) is 0.230. The Labute approximate surface area is 166 Å². The van der Waals surface area contributed by atoms with E-state index in [0.29, 0.717) is 23.8 Å². The zero-order chi connectivity index (χ0) is 20.5. The van der Waals surface area contributed by atoms with Gasteiger partial charge in [0.15, 0.2) is 5.82 Å². The number of aryl methyl sites for hydroxylation is 2. The van der Waals surface area contributed by atoms with Gasteiger partial charge in [0.1, 0.15) is 4.90 Å². The summed E-state index contributed by atoms with van der Waals surface area (Å²) in [5.74, 6) is 0.482. The maximum Gasteiger partial charge on any atom is 0.246 e. The molecule has 7 nitrogen and oxygen atoms in total. The first kappa shape index (κ1) is 20.2. The fourth-order valence-corrected chi connectivity index (χ4v) is 4.74. The van der Waals surface area contributed by atoms with Crippen LogP contribution in [0, 0.1) is 20.8 Å². The quantitative estimate of drug-likeness (QED) is 0.635. The van der Waals surface area contributed by atoms with Crippen LogP contribution in [0.4, 0.5) is 0 Å². The second-order valence-electron chi connectivity index (χ2n) is 6.88. The van der Waals surface area contributed by atoms with Crippen molar-refractivity contribution in [3.63, 3.8) is 0 Å². The molecule has 2 heterocycles. The van der Waals surface area contributed by atoms with Crippen molar-refractivity contribution in [2.24, 2.45) is 0 Å². The summed E-state index contributed by atoms with van der Waals surface area (Å²) in [7, 11) is -2.01. The van der Waals surface area contributed by atoms with Gasteiger partial charge in [0, 0.05) is 19.2 Å². The molecule has 0 fully saturated rings. The standard InChI is InChI=1S/C20H25N5O2S/c1-6-13-24(5)28(26,27)20-15(3)23-25(16(20)4)19-12-11-18(21-22-19)17-9-7-14(2)8-10-17/h7-12H,6,13H2,1-5H3. The van der Waals surface area contributed by atoms with Crippen molar-refractivity contribution in [2.45, 2.75) is 39.0 Å². The van der Waals surface area contributed by atoms with Crippen molar-refractivity contribution in [1.82, 2.24) is 24.3 Å². The van der Waals surface area contributed by atoms with Gasteiger partial charge in [0.25, 0.3) is 0 Å². The van der Waals surface area contributed by atoms with E-state index >= 15 is 0 Å². The van der Waals surface area contributed by atoms with Crippen LogP contribution < -0.4 is 0 Å². The Morgan fingerprint density at radius 2 is 1.68 bits per heavy atom. The topological polar surface area (TPSA) is 81.0 Å². The van der Waals surface area contributed by atoms with Crippen LogP contribution in [0.5, 0.6) is 0 Å². The highest BCUT2D eigenvalue weighted by molar-refractivity contribution is 7.89. The van der Waals surface area contributed by atoms with Crippen molar-refractivity contribution < 1.29 is 8.42 Å². The third kappa shape index (κ3) is 3.70. The Kier molecular flexibility index (Phi) is 5.62. The minimum absolute atomic E-state index is 0.230. The number of aromatic nitrogens is 4. The van der Waals surface area contributed by atoms with Crippen molar-refractivity contribution in [3.8, 4) is 17.1 Å². The van der Waals surface area contributed by atoms with Gasteiger partial charge in [-0.05, 0) is 39.3 Å². The first-order chi connectivity index (χ1) is 13.3. The third-order valence-electron chi connectivity index (χ3n) is 4.65. The molecular weight excluding hydrogens is 374 g/mol. The van der Waals surface area contributed by atoms with E-state index in [9.17, 15) is 8.42 Å². The average Bonchev–Trinajstić information content (AvgIpc) is 2.97. The first-order valence-electron chi connectivity index (χ1n) is 9.19. The van der Waals surface area contributed by atoms with Crippen LogP contribution in [0.15, 0.2) is 41.3 Å². The fourth-order valence-electron chi connectivity index (χ4n) is 3.13. The summed E-state index contributed by atoms with van der Waals surface area (Å²) in [5.41, 5.74) is 3.88. The smallest absolute Gasteiger partial charge is 0.216 e. The summed E-state index contributed by atoms with van der Waals surface area (Å²) >= 11 is 0. The lowest BCUT2D eigenvalue weighted by Gasteiger charge is -2.16. The second-order valence-corrected chi connectivity index (χ2v) is 8.86. The van der Waals surface area contributed by atoms with Gasteiger partial charge in [-0.1, -0.05) is 36.8 Å². The summed E-state index contributed by atoms with van der Waals surface area (Å²) < 4.78 is 28.7. The number of rotatable bonds is 6. The molecule has 0 atom stereocenters. The molecule has 3 rings (SSSR count). The van der Waals surface area contributed by atoms with E-state index in [0.717, 1.165) is 17.7 Å². The minimum Gasteiger partial charge on any atom is -0.216 e. The Morgan fingerprint density at radius 1 is 1.00 bits per heavy atom. The number of benzene rings is 1. The predicted octanol–water partition coefficient (Wildman–Crippen LogP) is 3.29. The van der Waals surface area contributed by atoms with E-state index in [1.54, 1.807) is 27.0 Å². The Bertz CT molecular complexity index is 1070. The Hall–Kier alpha value is -2.58. The van der Waals surface area contributed by atoms with E-state index in [1.807, 2.05) is 44.2 Å². The lowest BCUT2D eigenvalue weighted by atomic mass is 10.1. The predicted molar refractivity (Wildman–Crippen MR) is 109 cm³/mol. The Morgan fingerprint density at radius 3 is 2.25 bits per heavy atom. The molecule has 8 heteroatoms. The minimum atomic E-state index is -3.60. The van der Waals surface area contributed by atoms with E-state index in [1.165, 1.54) is 14.6 Å². The van der Waals surface area contributed by atoms with Gasteiger partial charge >= 0.3 is 0 Å². The largest absolute Gasteiger partial charge is 0.246 e. The lowest BCUT2D eigenvalue weighted by Crippen LogP contribution is -2.28. The number of hydrogen-bond donors (Lipinski definition) is 0. The number of hydrogen-bond acceptors (Lipinski definition) is 5. The molecule has 0 unspecified atom stereocenters. The van der Waals surface area contributed by atoms with Crippen LogP contribution in [0.2, 0.25) is 0 Å². The molecule has 3 aromatic rings. The normalized spacial score (nSPS) is 11.9. The zero-order valence-electron chi connectivity index (χ0n) is 16.8. The van der Waals surface area contributed by atoms with Crippen LogP contribution >= 0.6 is 0 Å². The monoisotopic (exact) mass is 399 g/mol. The maximum atomic E-state index is 12.9. The van der Waals surface area contributed by atoms with Crippen molar-refractivity contribution in [2.75, 3.05) is 13.6 Å². The molecule has 0 amide bonds. The van der Waals surface area contributed by atoms with Gasteiger partial charge in [-0.3, -0.25) is 0 Å². The molecule has 0 saturated heterocycles. The summed E-state index contributed by atoms with van der Waals surface area (Å²) in [6.07, 6.45) is 0.744. The highest BCUT2D eigenvalue weighted by atomic mass is 32.2. The summed E-state index contributed by atoms with van der Waals surface area (Å²) in [6.45, 7) is 7.87. The Balaban J connectivity index is 1.98. The van der Waals surface area contributed by atoms with Gasteiger partial charge < -0.3 is 0 Å². The second kappa shape index (κ2) is 7.81. The van der Waals surface area contributed by atoms with Gasteiger partial charge in [0.2, 0.25) is 10.0 Å². The summed E-state index contributed by atoms with van der Waals surface area (Å²) in [5, 5.41) is 13.0. The van der Waals surface area contributed by atoms with Crippen LogP contribution in [-0.2, 0) is 10.0 Å². The van der Waals surface area contributed by atoms with E-state index in [4.69, 9.17) is 0 Å². The van der Waals surface area contributed by atoms with E-state index in [-0.39, 0.29) is 4.90 Å². The molecule has 0 N–H and O–H groups in total. The molecular formula is C20H25N5O2S. The molecule has 0 radical (unpaired) electrons. The molecule has 0 aliphatic rings. The molecule has 2 aromatic heterocycles. The van der Waals surface area contributed by atoms with Gasteiger partial charge in [-0.2, -0.15) is 5.10 Å². The highest BCUT2D eigenvalue weighted by Gasteiger charge is 2.29. The van der Waals surface area contributed by atoms with Gasteiger partial charge in [0.05, 0.1) is 17.1 Å². The highest BCUT2D eigenvalue weighted by Crippen LogP contribution is 2.25. The molecule has 1 aromatic carbocycles. The number of sulfonamides is 1. The van der Waals surface area contributed by atoms with Gasteiger partial charge in [-0.25, -0.2) is 17.4 Å². The van der Waals surface area contributed by atoms with Crippen LogP contribution in [-0.4, -0.2) is 46.3 Å². The van der Waals surface area contributed by atoms with Crippen LogP contribution in [0.3, 0.4) is 0 Å². The summed E-state index contributed by atoms with van der Waals surface area (Å²) in [6, 6.07) is 11.7. The molecule has 0 aliphatic carbocycles. The molecule has 0 aliphatic heterocycles. The SMILES string of the molecule is CCCN(C)S(=O)(=O)c1c(C)nn(-c2ccc(-c3ccc(C)cc3)nn2)c1C. The van der Waals surface area contributed by atoms with Crippen molar-refractivity contribution in [3.05, 3.63) is 53.3 Å². The van der Waals surface area contributed by atoms with Crippen molar-refractivity contribution in [1.29, 1.82) is 0 Å². The molecule has 0 bridgehead atoms. The first-order valence-corrected chi connectivity index (χ1v) is 10.6. The zero-order valence-corrected chi connectivity index (χ0v) is 17.7.